The van der Waals surface area contributed by atoms with Gasteiger partial charge in [0.25, 0.3) is 0 Å². The molecule has 1 heterocycles. The zero-order valence-corrected chi connectivity index (χ0v) is 13.8. The number of rotatable bonds is 5. The molecule has 0 aromatic heterocycles. The van der Waals surface area contributed by atoms with E-state index in [0.717, 1.165) is 25.3 Å². The van der Waals surface area contributed by atoms with E-state index < -0.39 is 0 Å². The number of benzene rings is 1. The number of likely N-dealkylation sites (tertiary alicyclic amines) is 1. The monoisotopic (exact) mass is 332 g/mol. The Labute approximate surface area is 137 Å². The van der Waals surface area contributed by atoms with Crippen molar-refractivity contribution in [2.24, 2.45) is 11.1 Å². The molecule has 1 amide bonds. The summed E-state index contributed by atoms with van der Waals surface area (Å²) in [7, 11) is 0. The van der Waals surface area contributed by atoms with E-state index in [2.05, 4.69) is 6.92 Å². The first-order valence-corrected chi connectivity index (χ1v) is 7.26. The lowest BCUT2D eigenvalue weighted by Crippen LogP contribution is -2.35. The second-order valence-corrected chi connectivity index (χ2v) is 6.07. The van der Waals surface area contributed by atoms with Crippen LogP contribution in [0.5, 0.6) is 5.75 Å². The summed E-state index contributed by atoms with van der Waals surface area (Å²) < 4.78 is 5.54. The van der Waals surface area contributed by atoms with Gasteiger partial charge in [0, 0.05) is 18.1 Å². The molecule has 2 N–H and O–H groups in total. The van der Waals surface area contributed by atoms with Gasteiger partial charge >= 0.3 is 0 Å². The summed E-state index contributed by atoms with van der Waals surface area (Å²) in [5.41, 5.74) is 5.82. The number of amides is 1. The molecular weight excluding hydrogens is 311 g/mol. The van der Waals surface area contributed by atoms with Crippen LogP contribution in [0.1, 0.15) is 19.8 Å². The van der Waals surface area contributed by atoms with Crippen LogP contribution in [-0.2, 0) is 4.79 Å². The number of hydrogen-bond acceptors (Lipinski definition) is 3. The Bertz CT molecular complexity index is 467. The van der Waals surface area contributed by atoms with E-state index in [9.17, 15) is 4.79 Å². The van der Waals surface area contributed by atoms with Crippen molar-refractivity contribution < 1.29 is 9.53 Å². The molecule has 1 fully saturated rings. The average Bonchev–Trinajstić information content (AvgIpc) is 2.84. The van der Waals surface area contributed by atoms with Crippen LogP contribution in [0, 0.1) is 5.41 Å². The molecule has 1 aliphatic rings. The number of carbonyl (C=O) groups is 1. The van der Waals surface area contributed by atoms with Crippen LogP contribution >= 0.6 is 24.0 Å². The summed E-state index contributed by atoms with van der Waals surface area (Å²) in [5.74, 6) is 0.867. The molecule has 0 saturated carbocycles. The van der Waals surface area contributed by atoms with Crippen molar-refractivity contribution in [3.05, 3.63) is 29.3 Å². The van der Waals surface area contributed by atoms with Crippen LogP contribution in [0.2, 0.25) is 5.02 Å². The average molecular weight is 333 g/mol. The van der Waals surface area contributed by atoms with Crippen molar-refractivity contribution >= 4 is 29.9 Å². The first-order chi connectivity index (χ1) is 9.52. The second kappa shape index (κ2) is 7.87. The van der Waals surface area contributed by atoms with Crippen LogP contribution in [-0.4, -0.2) is 37.0 Å². The maximum absolute atomic E-state index is 12.1. The molecule has 1 aromatic rings. The molecular formula is C15H22Cl2N2O2. The lowest BCUT2D eigenvalue weighted by atomic mass is 9.90. The number of nitrogens with two attached hydrogens (primary N) is 1. The third kappa shape index (κ3) is 5.06. The van der Waals surface area contributed by atoms with E-state index in [0.29, 0.717) is 24.6 Å². The molecule has 0 bridgehead atoms. The molecule has 1 saturated heterocycles. The lowest BCUT2D eigenvalue weighted by molar-refractivity contribution is -0.131. The highest BCUT2D eigenvalue weighted by molar-refractivity contribution is 6.30. The number of nitrogens with zero attached hydrogens (tertiary/aromatic N) is 1. The van der Waals surface area contributed by atoms with Crippen LogP contribution in [0.3, 0.4) is 0 Å². The Kier molecular flexibility index (Phi) is 6.78. The Morgan fingerprint density at radius 3 is 2.67 bits per heavy atom. The van der Waals surface area contributed by atoms with E-state index in [1.165, 1.54) is 0 Å². The lowest BCUT2D eigenvalue weighted by Gasteiger charge is -2.22. The van der Waals surface area contributed by atoms with Crippen molar-refractivity contribution in [3.63, 3.8) is 0 Å². The van der Waals surface area contributed by atoms with Gasteiger partial charge in [0.2, 0.25) is 5.91 Å². The largest absolute Gasteiger partial charge is 0.493 e. The van der Waals surface area contributed by atoms with Gasteiger partial charge in [-0.25, -0.2) is 0 Å². The highest BCUT2D eigenvalue weighted by Gasteiger charge is 2.34. The maximum atomic E-state index is 12.1. The van der Waals surface area contributed by atoms with Crippen molar-refractivity contribution in [3.8, 4) is 5.75 Å². The zero-order valence-electron chi connectivity index (χ0n) is 12.2. The molecule has 1 aliphatic heterocycles. The van der Waals surface area contributed by atoms with Crippen LogP contribution in [0.15, 0.2) is 24.3 Å². The van der Waals surface area contributed by atoms with E-state index in [1.54, 1.807) is 24.3 Å². The third-order valence-corrected chi connectivity index (χ3v) is 4.05. The van der Waals surface area contributed by atoms with E-state index in [-0.39, 0.29) is 23.7 Å². The van der Waals surface area contributed by atoms with E-state index >= 15 is 0 Å². The molecule has 0 aliphatic carbocycles. The standard InChI is InChI=1S/C15H21ClN2O2.ClH/c1-15(10-17)7-8-18(11-15)14(19)6-9-20-13-4-2-12(16)3-5-13;/h2-5H,6-11,17H2,1H3;1H. The molecule has 0 spiro atoms. The number of carbonyl (C=O) groups excluding carboxylic acids is 1. The van der Waals surface area contributed by atoms with Crippen LogP contribution < -0.4 is 10.5 Å². The summed E-state index contributed by atoms with van der Waals surface area (Å²) in [4.78, 5) is 14.0. The Morgan fingerprint density at radius 1 is 1.43 bits per heavy atom. The van der Waals surface area contributed by atoms with Crippen molar-refractivity contribution in [2.45, 2.75) is 19.8 Å². The van der Waals surface area contributed by atoms with E-state index in [1.807, 2.05) is 4.90 Å². The summed E-state index contributed by atoms with van der Waals surface area (Å²) in [6.07, 6.45) is 1.37. The van der Waals surface area contributed by atoms with Gasteiger partial charge in [-0.3, -0.25) is 4.79 Å². The quantitative estimate of drug-likeness (QED) is 0.901. The molecule has 6 heteroatoms. The minimum atomic E-state index is 0. The fourth-order valence-electron chi connectivity index (χ4n) is 2.35. The predicted octanol–water partition coefficient (Wildman–Crippen LogP) is 2.73. The number of halogens is 2. The second-order valence-electron chi connectivity index (χ2n) is 5.63. The molecule has 1 unspecified atom stereocenters. The van der Waals surface area contributed by atoms with Gasteiger partial charge in [-0.1, -0.05) is 18.5 Å². The van der Waals surface area contributed by atoms with Gasteiger partial charge in [-0.2, -0.15) is 0 Å². The summed E-state index contributed by atoms with van der Waals surface area (Å²) in [6.45, 7) is 4.69. The van der Waals surface area contributed by atoms with Gasteiger partial charge in [-0.05, 0) is 42.6 Å². The molecule has 2 rings (SSSR count). The minimum Gasteiger partial charge on any atom is -0.493 e. The van der Waals surface area contributed by atoms with Crippen LogP contribution in [0.4, 0.5) is 0 Å². The van der Waals surface area contributed by atoms with Crippen LogP contribution in [0.25, 0.3) is 0 Å². The van der Waals surface area contributed by atoms with Gasteiger partial charge in [0.15, 0.2) is 0 Å². The topological polar surface area (TPSA) is 55.6 Å². The Morgan fingerprint density at radius 2 is 2.10 bits per heavy atom. The van der Waals surface area contributed by atoms with Gasteiger partial charge in [0.1, 0.15) is 5.75 Å². The summed E-state index contributed by atoms with van der Waals surface area (Å²) in [6, 6.07) is 7.14. The zero-order chi connectivity index (χ0) is 14.6. The van der Waals surface area contributed by atoms with E-state index in [4.69, 9.17) is 22.1 Å². The predicted molar refractivity (Wildman–Crippen MR) is 87.2 cm³/mol. The minimum absolute atomic E-state index is 0. The summed E-state index contributed by atoms with van der Waals surface area (Å²) in [5, 5.41) is 0.673. The first kappa shape index (κ1) is 18.1. The van der Waals surface area contributed by atoms with Crippen molar-refractivity contribution in [1.82, 2.24) is 4.90 Å². The molecule has 1 atom stereocenters. The molecule has 21 heavy (non-hydrogen) atoms. The van der Waals surface area contributed by atoms with Crippen molar-refractivity contribution in [2.75, 3.05) is 26.2 Å². The number of hydrogen-bond donors (Lipinski definition) is 1. The fraction of sp³-hybridized carbons (Fsp3) is 0.533. The number of ether oxygens (including phenoxy) is 1. The first-order valence-electron chi connectivity index (χ1n) is 6.89. The Balaban J connectivity index is 0.00000220. The van der Waals surface area contributed by atoms with Gasteiger partial charge in [-0.15, -0.1) is 12.4 Å². The van der Waals surface area contributed by atoms with Gasteiger partial charge < -0.3 is 15.4 Å². The molecule has 4 nitrogen and oxygen atoms in total. The highest BCUT2D eigenvalue weighted by atomic mass is 35.5. The van der Waals surface area contributed by atoms with Crippen molar-refractivity contribution in [1.29, 1.82) is 0 Å². The highest BCUT2D eigenvalue weighted by Crippen LogP contribution is 2.28. The SMILES string of the molecule is CC1(CN)CCN(C(=O)CCOc2ccc(Cl)cc2)C1.Cl. The molecule has 0 radical (unpaired) electrons. The molecule has 1 aromatic carbocycles. The Hall–Kier alpha value is -0.970. The fourth-order valence-corrected chi connectivity index (χ4v) is 2.47. The maximum Gasteiger partial charge on any atom is 0.226 e. The third-order valence-electron chi connectivity index (χ3n) is 3.80. The smallest absolute Gasteiger partial charge is 0.226 e. The normalized spacial score (nSPS) is 21.0. The van der Waals surface area contributed by atoms with Gasteiger partial charge in [0.05, 0.1) is 13.0 Å². The molecule has 118 valence electrons. The summed E-state index contributed by atoms with van der Waals surface area (Å²) >= 11 is 5.80.